The highest BCUT2D eigenvalue weighted by atomic mass is 16.6. The van der Waals surface area contributed by atoms with Crippen molar-refractivity contribution in [2.24, 2.45) is 5.92 Å². The van der Waals surface area contributed by atoms with E-state index in [-0.39, 0.29) is 23.5 Å². The topological polar surface area (TPSA) is 75.0 Å². The average molecular weight is 310 g/mol. The third-order valence-corrected chi connectivity index (χ3v) is 3.35. The maximum absolute atomic E-state index is 11.9. The molecular weight excluding hydrogens is 288 g/mol. The van der Waals surface area contributed by atoms with Gasteiger partial charge in [-0.1, -0.05) is 13.8 Å². The van der Waals surface area contributed by atoms with Gasteiger partial charge in [0.2, 0.25) is 11.2 Å². The molecular formula is C16H22O6. The van der Waals surface area contributed by atoms with Gasteiger partial charge in [-0.05, 0) is 25.2 Å². The molecule has 0 saturated carbocycles. The van der Waals surface area contributed by atoms with Crippen LogP contribution in [0.1, 0.15) is 38.9 Å². The van der Waals surface area contributed by atoms with Crippen LogP contribution in [0.4, 0.5) is 0 Å². The van der Waals surface area contributed by atoms with Crippen LogP contribution >= 0.6 is 0 Å². The van der Waals surface area contributed by atoms with Crippen LogP contribution in [0.25, 0.3) is 0 Å². The first-order valence-electron chi connectivity index (χ1n) is 7.59. The molecule has 1 aliphatic rings. The Kier molecular flexibility index (Phi) is 6.00. The van der Waals surface area contributed by atoms with E-state index in [4.69, 9.17) is 18.6 Å². The van der Waals surface area contributed by atoms with Gasteiger partial charge < -0.3 is 18.6 Å². The monoisotopic (exact) mass is 310 g/mol. The molecule has 122 valence electrons. The van der Waals surface area contributed by atoms with Crippen LogP contribution in [0.15, 0.2) is 21.5 Å². The Morgan fingerprint density at radius 2 is 2.27 bits per heavy atom. The van der Waals surface area contributed by atoms with Crippen LogP contribution in [-0.2, 0) is 20.9 Å². The number of carbonyl (C=O) groups excluding carboxylic acids is 1. The summed E-state index contributed by atoms with van der Waals surface area (Å²) in [7, 11) is 0. The van der Waals surface area contributed by atoms with Crippen LogP contribution in [0, 0.1) is 5.92 Å². The highest BCUT2D eigenvalue weighted by Gasteiger charge is 2.25. The molecule has 2 rings (SSSR count). The minimum Gasteiger partial charge on any atom is -0.487 e. The van der Waals surface area contributed by atoms with E-state index in [9.17, 15) is 9.59 Å². The molecule has 0 amide bonds. The summed E-state index contributed by atoms with van der Waals surface area (Å²) in [4.78, 5) is 23.6. The van der Waals surface area contributed by atoms with Crippen LogP contribution in [-0.4, -0.2) is 25.3 Å². The lowest BCUT2D eigenvalue weighted by atomic mass is 10.1. The van der Waals surface area contributed by atoms with Gasteiger partial charge in [0.25, 0.3) is 0 Å². The van der Waals surface area contributed by atoms with Crippen molar-refractivity contribution >= 4 is 5.97 Å². The summed E-state index contributed by atoms with van der Waals surface area (Å²) >= 11 is 0. The van der Waals surface area contributed by atoms with Gasteiger partial charge in [0.15, 0.2) is 6.10 Å². The number of hydrogen-bond acceptors (Lipinski definition) is 6. The molecule has 0 bridgehead atoms. The van der Waals surface area contributed by atoms with Crippen LogP contribution in [0.5, 0.6) is 5.75 Å². The molecule has 1 saturated heterocycles. The Morgan fingerprint density at radius 1 is 1.45 bits per heavy atom. The zero-order valence-corrected chi connectivity index (χ0v) is 13.0. The summed E-state index contributed by atoms with van der Waals surface area (Å²) in [6, 6.07) is 1.29. The van der Waals surface area contributed by atoms with Crippen molar-refractivity contribution < 1.29 is 23.4 Å². The number of esters is 1. The van der Waals surface area contributed by atoms with E-state index in [0.717, 1.165) is 12.8 Å². The summed E-state index contributed by atoms with van der Waals surface area (Å²) in [5.74, 6) is 0.545. The Bertz CT molecular complexity index is 542. The predicted octanol–water partition coefficient (Wildman–Crippen LogP) is 2.29. The molecule has 1 fully saturated rings. The summed E-state index contributed by atoms with van der Waals surface area (Å²) in [5, 5.41) is 0. The lowest BCUT2D eigenvalue weighted by Gasteiger charge is -2.10. The molecule has 6 heteroatoms. The summed E-state index contributed by atoms with van der Waals surface area (Å²) in [5.41, 5.74) is -0.279. The van der Waals surface area contributed by atoms with Crippen molar-refractivity contribution in [1.29, 1.82) is 0 Å². The third kappa shape index (κ3) is 4.87. The van der Waals surface area contributed by atoms with E-state index in [0.29, 0.717) is 25.6 Å². The van der Waals surface area contributed by atoms with Gasteiger partial charge in [-0.3, -0.25) is 4.79 Å². The lowest BCUT2D eigenvalue weighted by molar-refractivity contribution is -0.156. The predicted molar refractivity (Wildman–Crippen MR) is 78.7 cm³/mol. The molecule has 0 aliphatic carbocycles. The normalized spacial score (nSPS) is 17.7. The molecule has 1 unspecified atom stereocenters. The summed E-state index contributed by atoms with van der Waals surface area (Å²) in [6.07, 6.45) is 3.16. The summed E-state index contributed by atoms with van der Waals surface area (Å²) < 4.78 is 20.9. The van der Waals surface area contributed by atoms with Crippen molar-refractivity contribution in [2.45, 2.75) is 45.8 Å². The van der Waals surface area contributed by atoms with E-state index >= 15 is 0 Å². The standard InChI is InChI=1S/C16H22O6/c1-11(2)5-7-20-15-10-21-12(8-13(15)17)9-22-16(18)14-4-3-6-19-14/h8,10-11,14H,3-7,9H2,1-2H3. The minimum atomic E-state index is -0.495. The third-order valence-electron chi connectivity index (χ3n) is 3.35. The van der Waals surface area contributed by atoms with Gasteiger partial charge >= 0.3 is 5.97 Å². The SMILES string of the molecule is CC(C)CCOc1coc(COC(=O)C2CCCO2)cc1=O. The van der Waals surface area contributed by atoms with Gasteiger partial charge in [0, 0.05) is 12.7 Å². The fourth-order valence-electron chi connectivity index (χ4n) is 2.02. The van der Waals surface area contributed by atoms with Gasteiger partial charge in [0.1, 0.15) is 18.6 Å². The fourth-order valence-corrected chi connectivity index (χ4v) is 2.02. The first-order chi connectivity index (χ1) is 10.6. The second-order valence-electron chi connectivity index (χ2n) is 5.72. The molecule has 1 aliphatic heterocycles. The highest BCUT2D eigenvalue weighted by Crippen LogP contribution is 2.14. The first kappa shape index (κ1) is 16.5. The van der Waals surface area contributed by atoms with Crippen molar-refractivity contribution in [1.82, 2.24) is 0 Å². The van der Waals surface area contributed by atoms with Gasteiger partial charge in [-0.25, -0.2) is 4.79 Å². The Balaban J connectivity index is 1.83. The van der Waals surface area contributed by atoms with Gasteiger partial charge in [-0.15, -0.1) is 0 Å². The fraction of sp³-hybridized carbons (Fsp3) is 0.625. The second kappa shape index (κ2) is 7.98. The smallest absolute Gasteiger partial charge is 0.335 e. The molecule has 0 N–H and O–H groups in total. The zero-order chi connectivity index (χ0) is 15.9. The van der Waals surface area contributed by atoms with Crippen molar-refractivity contribution in [3.05, 3.63) is 28.3 Å². The Morgan fingerprint density at radius 3 is 2.91 bits per heavy atom. The second-order valence-corrected chi connectivity index (χ2v) is 5.72. The Hall–Kier alpha value is -1.82. The van der Waals surface area contributed by atoms with Gasteiger partial charge in [0.05, 0.1) is 6.61 Å². The maximum atomic E-state index is 11.9. The molecule has 1 aromatic rings. The molecule has 6 nitrogen and oxygen atoms in total. The van der Waals surface area contributed by atoms with Crippen molar-refractivity contribution in [2.75, 3.05) is 13.2 Å². The molecule has 22 heavy (non-hydrogen) atoms. The van der Waals surface area contributed by atoms with Crippen LogP contribution in [0.2, 0.25) is 0 Å². The number of ether oxygens (including phenoxy) is 3. The molecule has 0 spiro atoms. The van der Waals surface area contributed by atoms with E-state index in [1.54, 1.807) is 0 Å². The van der Waals surface area contributed by atoms with Crippen molar-refractivity contribution in [3.8, 4) is 5.75 Å². The van der Waals surface area contributed by atoms with Gasteiger partial charge in [-0.2, -0.15) is 0 Å². The van der Waals surface area contributed by atoms with E-state index in [1.165, 1.54) is 12.3 Å². The number of hydrogen-bond donors (Lipinski definition) is 0. The Labute approximate surface area is 129 Å². The molecule has 2 heterocycles. The molecule has 1 aromatic heterocycles. The largest absolute Gasteiger partial charge is 0.487 e. The minimum absolute atomic E-state index is 0.0831. The van der Waals surface area contributed by atoms with Crippen LogP contribution < -0.4 is 10.2 Å². The lowest BCUT2D eigenvalue weighted by Crippen LogP contribution is -2.22. The number of carbonyl (C=O) groups is 1. The zero-order valence-electron chi connectivity index (χ0n) is 13.0. The van der Waals surface area contributed by atoms with Crippen molar-refractivity contribution in [3.63, 3.8) is 0 Å². The number of rotatable bonds is 7. The van der Waals surface area contributed by atoms with Crippen LogP contribution in [0.3, 0.4) is 0 Å². The molecule has 1 atom stereocenters. The molecule has 0 aromatic carbocycles. The van der Waals surface area contributed by atoms with E-state index < -0.39 is 12.1 Å². The van der Waals surface area contributed by atoms with E-state index in [2.05, 4.69) is 13.8 Å². The average Bonchev–Trinajstić information content (AvgIpc) is 3.01. The highest BCUT2D eigenvalue weighted by molar-refractivity contribution is 5.74. The van der Waals surface area contributed by atoms with E-state index in [1.807, 2.05) is 0 Å². The molecule has 0 radical (unpaired) electrons. The first-order valence-corrected chi connectivity index (χ1v) is 7.59. The maximum Gasteiger partial charge on any atom is 0.335 e. The quantitative estimate of drug-likeness (QED) is 0.719. The summed E-state index contributed by atoms with van der Waals surface area (Å²) in [6.45, 7) is 5.13.